The summed E-state index contributed by atoms with van der Waals surface area (Å²) in [6, 6.07) is 8.30. The van der Waals surface area contributed by atoms with Crippen LogP contribution in [0.4, 0.5) is 5.69 Å². The number of carbonyl (C=O) groups excluding carboxylic acids is 2. The molecule has 0 aliphatic rings. The molecule has 2 aromatic rings. The zero-order chi connectivity index (χ0) is 27.2. The summed E-state index contributed by atoms with van der Waals surface area (Å²) < 4.78 is 31.7. The first-order valence-electron chi connectivity index (χ1n) is 11.1. The molecule has 12 heteroatoms. The summed E-state index contributed by atoms with van der Waals surface area (Å²) in [5.41, 5.74) is 0.722. The summed E-state index contributed by atoms with van der Waals surface area (Å²) >= 11 is 18.3. The maximum absolute atomic E-state index is 13.6. The number of nitrogens with one attached hydrogen (secondary N) is 1. The van der Waals surface area contributed by atoms with Crippen molar-refractivity contribution in [3.05, 3.63) is 57.0 Å². The van der Waals surface area contributed by atoms with Gasteiger partial charge in [0.25, 0.3) is 0 Å². The fourth-order valence-corrected chi connectivity index (χ4v) is 4.67. The average Bonchev–Trinajstić information content (AvgIpc) is 2.81. The smallest absolute Gasteiger partial charge is 0.244 e. The van der Waals surface area contributed by atoms with Gasteiger partial charge in [-0.3, -0.25) is 13.9 Å². The van der Waals surface area contributed by atoms with Crippen molar-refractivity contribution in [2.45, 2.75) is 45.8 Å². The Labute approximate surface area is 227 Å². The zero-order valence-electron chi connectivity index (χ0n) is 20.7. The highest BCUT2D eigenvalue weighted by Gasteiger charge is 2.31. The van der Waals surface area contributed by atoms with E-state index in [9.17, 15) is 18.0 Å². The lowest BCUT2D eigenvalue weighted by Gasteiger charge is -2.32. The number of hydrogen-bond acceptors (Lipinski definition) is 5. The van der Waals surface area contributed by atoms with E-state index in [-0.39, 0.29) is 35.0 Å². The molecule has 0 spiro atoms. The first-order valence-corrected chi connectivity index (χ1v) is 14.1. The summed E-state index contributed by atoms with van der Waals surface area (Å²) in [4.78, 5) is 27.9. The van der Waals surface area contributed by atoms with Crippen molar-refractivity contribution in [1.82, 2.24) is 10.2 Å². The number of carbonyl (C=O) groups is 2. The molecule has 0 fully saturated rings. The Kier molecular flexibility index (Phi) is 10.7. The van der Waals surface area contributed by atoms with Crippen LogP contribution in [0.2, 0.25) is 15.1 Å². The van der Waals surface area contributed by atoms with E-state index in [1.807, 2.05) is 13.8 Å². The van der Waals surface area contributed by atoms with E-state index in [4.69, 9.17) is 39.5 Å². The minimum absolute atomic E-state index is 0.00486. The molecule has 1 N–H and O–H groups in total. The molecule has 0 radical (unpaired) electrons. The number of rotatable bonds is 11. The van der Waals surface area contributed by atoms with Crippen molar-refractivity contribution >= 4 is 62.3 Å². The Hall–Kier alpha value is -2.20. The van der Waals surface area contributed by atoms with Gasteiger partial charge in [-0.1, -0.05) is 47.8 Å². The third kappa shape index (κ3) is 7.90. The predicted octanol–water partition coefficient (Wildman–Crippen LogP) is 4.75. The Morgan fingerprint density at radius 1 is 1.06 bits per heavy atom. The van der Waals surface area contributed by atoms with Gasteiger partial charge in [0.15, 0.2) is 0 Å². The molecular weight excluding hydrogens is 549 g/mol. The van der Waals surface area contributed by atoms with Gasteiger partial charge in [0.05, 0.1) is 29.1 Å². The van der Waals surface area contributed by atoms with E-state index in [2.05, 4.69) is 5.32 Å². The predicted molar refractivity (Wildman–Crippen MR) is 145 cm³/mol. The number of halogens is 3. The van der Waals surface area contributed by atoms with Crippen LogP contribution in [0.1, 0.15) is 32.8 Å². The SMILES string of the molecule is CC[C@H](C)NC(=O)[C@H](C)N(Cc1ccc(Cl)c(Cl)c1)C(=O)CN(c1cc(Cl)ccc1OC)S(C)(=O)=O. The van der Waals surface area contributed by atoms with Crippen LogP contribution in [0.3, 0.4) is 0 Å². The topological polar surface area (TPSA) is 96.0 Å². The van der Waals surface area contributed by atoms with Crippen LogP contribution in [0.5, 0.6) is 5.75 Å². The normalized spacial score (nSPS) is 13.0. The minimum Gasteiger partial charge on any atom is -0.495 e. The lowest BCUT2D eigenvalue weighted by atomic mass is 10.1. The van der Waals surface area contributed by atoms with Gasteiger partial charge in [-0.05, 0) is 56.2 Å². The fourth-order valence-electron chi connectivity index (χ4n) is 3.34. The second-order valence-corrected chi connectivity index (χ2v) is 11.5. The summed E-state index contributed by atoms with van der Waals surface area (Å²) in [5, 5.41) is 3.76. The average molecular weight is 579 g/mol. The summed E-state index contributed by atoms with van der Waals surface area (Å²) in [6.07, 6.45) is 1.68. The molecule has 0 aliphatic carbocycles. The number of sulfonamides is 1. The van der Waals surface area contributed by atoms with Crippen molar-refractivity contribution < 1.29 is 22.7 Å². The van der Waals surface area contributed by atoms with Crippen LogP contribution in [0.15, 0.2) is 36.4 Å². The molecule has 2 atom stereocenters. The Morgan fingerprint density at radius 3 is 2.28 bits per heavy atom. The van der Waals surface area contributed by atoms with Crippen LogP contribution in [-0.2, 0) is 26.2 Å². The summed E-state index contributed by atoms with van der Waals surface area (Å²) in [7, 11) is -2.56. The first kappa shape index (κ1) is 30.0. The molecule has 0 saturated carbocycles. The van der Waals surface area contributed by atoms with E-state index in [1.54, 1.807) is 31.2 Å². The van der Waals surface area contributed by atoms with Gasteiger partial charge in [-0.15, -0.1) is 0 Å². The molecule has 2 amide bonds. The molecule has 198 valence electrons. The zero-order valence-corrected chi connectivity index (χ0v) is 23.8. The molecule has 2 aromatic carbocycles. The van der Waals surface area contributed by atoms with Gasteiger partial charge in [0.2, 0.25) is 21.8 Å². The molecule has 0 aliphatic heterocycles. The van der Waals surface area contributed by atoms with E-state index in [1.165, 1.54) is 24.1 Å². The third-order valence-electron chi connectivity index (χ3n) is 5.59. The van der Waals surface area contributed by atoms with E-state index < -0.39 is 28.5 Å². The monoisotopic (exact) mass is 577 g/mol. The van der Waals surface area contributed by atoms with Crippen molar-refractivity contribution in [1.29, 1.82) is 0 Å². The maximum atomic E-state index is 13.6. The highest BCUT2D eigenvalue weighted by Crippen LogP contribution is 2.33. The number of methoxy groups -OCH3 is 1. The van der Waals surface area contributed by atoms with E-state index in [0.29, 0.717) is 22.0 Å². The molecule has 8 nitrogen and oxygen atoms in total. The third-order valence-corrected chi connectivity index (χ3v) is 7.69. The summed E-state index contributed by atoms with van der Waals surface area (Å²) in [6.45, 7) is 4.77. The lowest BCUT2D eigenvalue weighted by Crippen LogP contribution is -2.52. The van der Waals surface area contributed by atoms with Gasteiger partial charge >= 0.3 is 0 Å². The van der Waals surface area contributed by atoms with Crippen LogP contribution in [0, 0.1) is 0 Å². The molecule has 0 unspecified atom stereocenters. The lowest BCUT2D eigenvalue weighted by molar-refractivity contribution is -0.139. The number of benzene rings is 2. The summed E-state index contributed by atoms with van der Waals surface area (Å²) in [5.74, 6) is -0.763. The molecule has 36 heavy (non-hydrogen) atoms. The molecule has 0 heterocycles. The molecular formula is C24H30Cl3N3O5S. The Bertz CT molecular complexity index is 1210. The highest BCUT2D eigenvalue weighted by molar-refractivity contribution is 7.92. The fraction of sp³-hybridized carbons (Fsp3) is 0.417. The van der Waals surface area contributed by atoms with Gasteiger partial charge in [-0.25, -0.2) is 8.42 Å². The van der Waals surface area contributed by atoms with Crippen LogP contribution >= 0.6 is 34.8 Å². The van der Waals surface area contributed by atoms with Crippen molar-refractivity contribution in [2.75, 3.05) is 24.2 Å². The number of amides is 2. The molecule has 0 bridgehead atoms. The minimum atomic E-state index is -3.94. The van der Waals surface area contributed by atoms with Gasteiger partial charge in [0, 0.05) is 17.6 Å². The molecule has 0 aromatic heterocycles. The Morgan fingerprint density at radius 2 is 1.72 bits per heavy atom. The number of ether oxygens (including phenoxy) is 1. The molecule has 2 rings (SSSR count). The maximum Gasteiger partial charge on any atom is 0.244 e. The van der Waals surface area contributed by atoms with E-state index in [0.717, 1.165) is 10.6 Å². The number of hydrogen-bond donors (Lipinski definition) is 1. The van der Waals surface area contributed by atoms with Crippen molar-refractivity contribution in [3.63, 3.8) is 0 Å². The van der Waals surface area contributed by atoms with Crippen LogP contribution < -0.4 is 14.4 Å². The number of nitrogens with zero attached hydrogens (tertiary/aromatic N) is 2. The largest absolute Gasteiger partial charge is 0.495 e. The Balaban J connectivity index is 2.48. The van der Waals surface area contributed by atoms with E-state index >= 15 is 0 Å². The van der Waals surface area contributed by atoms with Crippen molar-refractivity contribution in [2.24, 2.45) is 0 Å². The van der Waals surface area contributed by atoms with Crippen LogP contribution in [-0.4, -0.2) is 57.1 Å². The van der Waals surface area contributed by atoms with Crippen molar-refractivity contribution in [3.8, 4) is 5.75 Å². The van der Waals surface area contributed by atoms with Gasteiger partial charge in [-0.2, -0.15) is 0 Å². The highest BCUT2D eigenvalue weighted by atomic mass is 35.5. The van der Waals surface area contributed by atoms with Gasteiger partial charge in [0.1, 0.15) is 18.3 Å². The standard InChI is InChI=1S/C24H30Cl3N3O5S/c1-6-15(2)28-24(32)16(3)29(13-17-7-9-19(26)20(27)11-17)23(31)14-30(36(5,33)34)21-12-18(25)8-10-22(21)35-4/h7-12,15-16H,6,13-14H2,1-5H3,(H,28,32)/t15-,16-/m0/s1. The first-order chi connectivity index (χ1) is 16.8. The second kappa shape index (κ2) is 12.9. The van der Waals surface area contributed by atoms with Gasteiger partial charge < -0.3 is 15.0 Å². The molecule has 0 saturated heterocycles. The second-order valence-electron chi connectivity index (χ2n) is 8.35. The van der Waals surface area contributed by atoms with Crippen LogP contribution in [0.25, 0.3) is 0 Å². The quantitative estimate of drug-likeness (QED) is 0.415. The number of anilines is 1.